The van der Waals surface area contributed by atoms with Gasteiger partial charge >= 0.3 is 18.9 Å². The average molecular weight is 141 g/mol. The van der Waals surface area contributed by atoms with Crippen molar-refractivity contribution in [2.75, 3.05) is 0 Å². The first-order chi connectivity index (χ1) is 1.73. The van der Waals surface area contributed by atoms with Crippen molar-refractivity contribution in [3.63, 3.8) is 0 Å². The van der Waals surface area contributed by atoms with E-state index in [-0.39, 0.29) is 40.8 Å². The molecule has 0 aromatic carbocycles. The Kier molecular flexibility index (Phi) is 389. The second-order valence-electron chi connectivity index (χ2n) is 0.224. The zero-order valence-corrected chi connectivity index (χ0v) is 4.67. The van der Waals surface area contributed by atoms with E-state index in [1.54, 1.807) is 0 Å². The minimum absolute atomic E-state index is 0. The molecule has 0 rings (SSSR count). The van der Waals surface area contributed by atoms with Gasteiger partial charge in [0.15, 0.2) is 0 Å². The van der Waals surface area contributed by atoms with Gasteiger partial charge in [-0.2, -0.15) is 0 Å². The molecule has 0 aromatic heterocycles. The summed E-state index contributed by atoms with van der Waals surface area (Å²) in [4.78, 5) is 8.25. The summed E-state index contributed by atoms with van der Waals surface area (Å²) in [6, 6.07) is 0. The quantitative estimate of drug-likeness (QED) is 0.184. The van der Waals surface area contributed by atoms with E-state index in [1.165, 1.54) is 0 Å². The fourth-order valence-electron chi connectivity index (χ4n) is 0. The molecule has 0 atom stereocenters. The molecule has 0 aliphatic heterocycles. The van der Waals surface area contributed by atoms with Crippen molar-refractivity contribution in [3.8, 4) is 0 Å². The zero-order valence-electron chi connectivity index (χ0n) is 4.67. The Morgan fingerprint density at radius 1 is 0.889 bits per heavy atom. The minimum atomic E-state index is -1.75. The Labute approximate surface area is 62.0 Å². The Bertz CT molecular complexity index is 31.9. The maximum absolute atomic E-state index is 8.25. The molecule has 0 bridgehead atoms. The third kappa shape index (κ3) is 1850. The molecule has 56 valence electrons. The Hall–Kier alpha value is -0.363. The van der Waals surface area contributed by atoms with Crippen molar-refractivity contribution < 1.29 is 45.9 Å². The summed E-state index contributed by atoms with van der Waals surface area (Å²) in [5, 5.41) is 14.8. The van der Waals surface area contributed by atoms with E-state index in [0.29, 0.717) is 0 Å². The van der Waals surface area contributed by atoms with Crippen molar-refractivity contribution in [2.24, 2.45) is 0 Å². The van der Waals surface area contributed by atoms with Gasteiger partial charge in [-0.1, -0.05) is 0 Å². The largest absolute Gasteiger partial charge is 1.00 e. The van der Waals surface area contributed by atoms with Crippen molar-refractivity contribution in [1.82, 2.24) is 0 Å². The van der Waals surface area contributed by atoms with Crippen LogP contribution in [0.5, 0.6) is 0 Å². The second kappa shape index (κ2) is 48.4. The van der Waals surface area contributed by atoms with Gasteiger partial charge in [0.1, 0.15) is 0 Å². The fourth-order valence-corrected chi connectivity index (χ4v) is 0. The van der Waals surface area contributed by atoms with Crippen LogP contribution in [0, 0.1) is 15.3 Å². The SMILES string of the molecule is O.O.O.O.O=[N+]([O-])[O-].[Li+]. The normalized spacial score (nSPS) is 2.67. The van der Waals surface area contributed by atoms with Crippen molar-refractivity contribution in [1.29, 1.82) is 0 Å². The van der Waals surface area contributed by atoms with E-state index in [1.807, 2.05) is 0 Å². The van der Waals surface area contributed by atoms with Gasteiger partial charge in [0.2, 0.25) is 0 Å². The summed E-state index contributed by atoms with van der Waals surface area (Å²) in [6.45, 7) is 0. The van der Waals surface area contributed by atoms with Crippen LogP contribution in [0.25, 0.3) is 0 Å². The third-order valence-corrected chi connectivity index (χ3v) is 0. The molecule has 0 saturated heterocycles. The molecular formula is H8LiNO7. The maximum Gasteiger partial charge on any atom is 1.00 e. The van der Waals surface area contributed by atoms with E-state index in [4.69, 9.17) is 15.3 Å². The van der Waals surface area contributed by atoms with Gasteiger partial charge in [-0.05, 0) is 0 Å². The van der Waals surface area contributed by atoms with Gasteiger partial charge in [-0.25, -0.2) is 0 Å². The molecule has 0 spiro atoms. The second-order valence-corrected chi connectivity index (χ2v) is 0.224. The van der Waals surface area contributed by atoms with Gasteiger partial charge < -0.3 is 37.2 Å². The van der Waals surface area contributed by atoms with Gasteiger partial charge in [0, 0.05) is 0 Å². The fraction of sp³-hybridized carbons (Fsp3) is 0. The summed E-state index contributed by atoms with van der Waals surface area (Å²) in [5.74, 6) is 0. The molecule has 8 N–H and O–H groups in total. The van der Waals surface area contributed by atoms with E-state index < -0.39 is 5.09 Å². The van der Waals surface area contributed by atoms with E-state index in [0.717, 1.165) is 0 Å². The average Bonchev–Trinajstić information content (AvgIpc) is 0.811. The molecule has 0 radical (unpaired) electrons. The Morgan fingerprint density at radius 3 is 0.889 bits per heavy atom. The van der Waals surface area contributed by atoms with Gasteiger partial charge in [-0.3, -0.25) is 0 Å². The summed E-state index contributed by atoms with van der Waals surface area (Å²) in [6.07, 6.45) is 0. The predicted molar refractivity (Wildman–Crippen MR) is 24.8 cm³/mol. The summed E-state index contributed by atoms with van der Waals surface area (Å²) < 4.78 is 0. The van der Waals surface area contributed by atoms with Crippen LogP contribution in [0.15, 0.2) is 0 Å². The predicted octanol–water partition coefficient (Wildman–Crippen LogP) is -6.53. The molecule has 0 heterocycles. The van der Waals surface area contributed by atoms with Crippen LogP contribution in [0.3, 0.4) is 0 Å². The summed E-state index contributed by atoms with van der Waals surface area (Å²) in [7, 11) is 0. The number of hydrogen-bond acceptors (Lipinski definition) is 3. The molecule has 0 amide bonds. The van der Waals surface area contributed by atoms with Crippen LogP contribution in [0.4, 0.5) is 0 Å². The van der Waals surface area contributed by atoms with E-state index >= 15 is 0 Å². The smallest absolute Gasteiger partial charge is 0.412 e. The van der Waals surface area contributed by atoms with Crippen LogP contribution in [-0.4, -0.2) is 27.0 Å². The van der Waals surface area contributed by atoms with E-state index in [2.05, 4.69) is 0 Å². The zero-order chi connectivity index (χ0) is 3.58. The first-order valence-electron chi connectivity index (χ1n) is 0.548. The molecule has 0 aliphatic carbocycles. The molecule has 0 aliphatic rings. The Balaban J connectivity index is -0.00000000450. The monoisotopic (exact) mass is 141 g/mol. The standard InChI is InChI=1S/Li.NO3.4H2O/c;2-1(3)4;;;;/h;;4*1H2/q+1;-1;;;;. The van der Waals surface area contributed by atoms with Crippen LogP contribution in [0.2, 0.25) is 0 Å². The van der Waals surface area contributed by atoms with Crippen molar-refractivity contribution >= 4 is 0 Å². The number of nitrogens with zero attached hydrogens (tertiary/aromatic N) is 1. The van der Waals surface area contributed by atoms with Crippen LogP contribution in [0.1, 0.15) is 0 Å². The molecule has 9 heteroatoms. The van der Waals surface area contributed by atoms with Crippen LogP contribution in [-0.2, 0) is 0 Å². The first-order valence-corrected chi connectivity index (χ1v) is 0.548. The van der Waals surface area contributed by atoms with Crippen LogP contribution >= 0.6 is 0 Å². The molecule has 9 heavy (non-hydrogen) atoms. The first kappa shape index (κ1) is 72.4. The molecule has 0 aromatic rings. The summed E-state index contributed by atoms with van der Waals surface area (Å²) >= 11 is 0. The van der Waals surface area contributed by atoms with Gasteiger partial charge in [0.05, 0.1) is 5.09 Å². The van der Waals surface area contributed by atoms with Gasteiger partial charge in [0.25, 0.3) is 0 Å². The number of hydrogen-bond donors (Lipinski definition) is 0. The third-order valence-electron chi connectivity index (χ3n) is 0. The maximum atomic E-state index is 8.25. The molecule has 0 unspecified atom stereocenters. The van der Waals surface area contributed by atoms with Gasteiger partial charge in [-0.15, -0.1) is 0 Å². The number of rotatable bonds is 0. The van der Waals surface area contributed by atoms with Crippen molar-refractivity contribution in [2.45, 2.75) is 0 Å². The molecular weight excluding hydrogens is 133 g/mol. The van der Waals surface area contributed by atoms with Crippen molar-refractivity contribution in [3.05, 3.63) is 15.3 Å². The topological polar surface area (TPSA) is 192 Å². The Morgan fingerprint density at radius 2 is 0.889 bits per heavy atom. The van der Waals surface area contributed by atoms with E-state index in [9.17, 15) is 0 Å². The molecule has 0 saturated carbocycles. The molecule has 0 fully saturated rings. The summed E-state index contributed by atoms with van der Waals surface area (Å²) in [5.41, 5.74) is 0. The minimum Gasteiger partial charge on any atom is -0.412 e. The molecule has 8 nitrogen and oxygen atoms in total. The van der Waals surface area contributed by atoms with Crippen LogP contribution < -0.4 is 18.9 Å².